The SMILES string of the molecule is O=C(Nc1ccc(-c2ccc(N3CCCCC3)nn2)cc1)C1CC(c2cccs2)NN1. The minimum Gasteiger partial charge on any atom is -0.355 e. The Morgan fingerprint density at radius 2 is 1.84 bits per heavy atom. The van der Waals surface area contributed by atoms with Gasteiger partial charge in [0, 0.05) is 29.2 Å². The second-order valence-electron chi connectivity index (χ2n) is 8.04. The first-order chi connectivity index (χ1) is 15.3. The summed E-state index contributed by atoms with van der Waals surface area (Å²) < 4.78 is 0. The number of piperidine rings is 1. The first-order valence-corrected chi connectivity index (χ1v) is 11.7. The van der Waals surface area contributed by atoms with E-state index in [2.05, 4.69) is 42.7 Å². The zero-order chi connectivity index (χ0) is 21.0. The van der Waals surface area contributed by atoms with Crippen molar-refractivity contribution in [3.63, 3.8) is 0 Å². The average molecular weight is 435 g/mol. The average Bonchev–Trinajstić information content (AvgIpc) is 3.53. The number of carbonyl (C=O) groups excluding carboxylic acids is 1. The molecule has 0 radical (unpaired) electrons. The van der Waals surface area contributed by atoms with Crippen molar-refractivity contribution in [3.8, 4) is 11.3 Å². The van der Waals surface area contributed by atoms with Crippen LogP contribution in [0.5, 0.6) is 0 Å². The molecule has 0 saturated carbocycles. The van der Waals surface area contributed by atoms with E-state index in [1.165, 1.54) is 24.1 Å². The molecule has 31 heavy (non-hydrogen) atoms. The fourth-order valence-corrected chi connectivity index (χ4v) is 4.92. The summed E-state index contributed by atoms with van der Waals surface area (Å²) in [7, 11) is 0. The number of nitrogens with one attached hydrogen (secondary N) is 3. The smallest absolute Gasteiger partial charge is 0.242 e. The summed E-state index contributed by atoms with van der Waals surface area (Å²) in [6.45, 7) is 2.11. The number of amides is 1. The van der Waals surface area contributed by atoms with Gasteiger partial charge in [-0.3, -0.25) is 4.79 Å². The lowest BCUT2D eigenvalue weighted by atomic mass is 10.1. The molecular formula is C23H26N6OS. The van der Waals surface area contributed by atoms with Crippen LogP contribution in [0.25, 0.3) is 11.3 Å². The van der Waals surface area contributed by atoms with Crippen molar-refractivity contribution in [1.82, 2.24) is 21.0 Å². The summed E-state index contributed by atoms with van der Waals surface area (Å²) in [4.78, 5) is 16.2. The van der Waals surface area contributed by atoms with Gasteiger partial charge in [0.15, 0.2) is 5.82 Å². The largest absolute Gasteiger partial charge is 0.355 e. The molecule has 2 aliphatic heterocycles. The third-order valence-corrected chi connectivity index (χ3v) is 6.87. The predicted molar refractivity (Wildman–Crippen MR) is 124 cm³/mol. The van der Waals surface area contributed by atoms with Gasteiger partial charge in [-0.05, 0) is 61.4 Å². The number of hydrogen-bond acceptors (Lipinski definition) is 7. The van der Waals surface area contributed by atoms with Crippen molar-refractivity contribution in [2.75, 3.05) is 23.3 Å². The second kappa shape index (κ2) is 9.13. The first kappa shape index (κ1) is 20.1. The van der Waals surface area contributed by atoms with E-state index in [1.807, 2.05) is 42.5 Å². The lowest BCUT2D eigenvalue weighted by Crippen LogP contribution is -2.39. The first-order valence-electron chi connectivity index (χ1n) is 10.8. The van der Waals surface area contributed by atoms with Gasteiger partial charge in [0.25, 0.3) is 0 Å². The van der Waals surface area contributed by atoms with Crippen LogP contribution in [0.15, 0.2) is 53.9 Å². The third kappa shape index (κ3) is 4.61. The summed E-state index contributed by atoms with van der Waals surface area (Å²) in [6.07, 6.45) is 4.46. The normalized spacial score (nSPS) is 21.2. The molecule has 2 saturated heterocycles. The molecule has 3 aromatic rings. The van der Waals surface area contributed by atoms with Gasteiger partial charge in [-0.25, -0.2) is 10.9 Å². The van der Waals surface area contributed by atoms with Crippen LogP contribution < -0.4 is 21.1 Å². The number of anilines is 2. The number of hydrogen-bond donors (Lipinski definition) is 3. The van der Waals surface area contributed by atoms with E-state index in [4.69, 9.17) is 0 Å². The fourth-order valence-electron chi connectivity index (χ4n) is 4.13. The maximum atomic E-state index is 12.6. The molecular weight excluding hydrogens is 408 g/mol. The number of hydrazine groups is 1. The van der Waals surface area contributed by atoms with Crippen LogP contribution in [0.4, 0.5) is 11.5 Å². The van der Waals surface area contributed by atoms with Crippen LogP contribution in [-0.4, -0.2) is 35.2 Å². The molecule has 0 bridgehead atoms. The molecule has 0 aliphatic carbocycles. The van der Waals surface area contributed by atoms with Gasteiger partial charge in [-0.1, -0.05) is 18.2 Å². The quantitative estimate of drug-likeness (QED) is 0.568. The van der Waals surface area contributed by atoms with Gasteiger partial charge in [0.05, 0.1) is 11.7 Å². The van der Waals surface area contributed by atoms with E-state index in [0.29, 0.717) is 0 Å². The highest BCUT2D eigenvalue weighted by molar-refractivity contribution is 7.10. The number of carbonyl (C=O) groups is 1. The summed E-state index contributed by atoms with van der Waals surface area (Å²) in [5.74, 6) is 0.913. The Kier molecular flexibility index (Phi) is 5.93. The number of benzene rings is 1. The molecule has 160 valence electrons. The highest BCUT2D eigenvalue weighted by Crippen LogP contribution is 2.27. The number of aromatic nitrogens is 2. The van der Waals surface area contributed by atoms with Crippen LogP contribution in [0.1, 0.15) is 36.6 Å². The maximum absolute atomic E-state index is 12.6. The topological polar surface area (TPSA) is 82.2 Å². The molecule has 5 rings (SSSR count). The monoisotopic (exact) mass is 434 g/mol. The minimum atomic E-state index is -0.264. The number of nitrogens with zero attached hydrogens (tertiary/aromatic N) is 3. The van der Waals surface area contributed by atoms with Crippen molar-refractivity contribution in [2.45, 2.75) is 37.8 Å². The Morgan fingerprint density at radius 3 is 2.55 bits per heavy atom. The lowest BCUT2D eigenvalue weighted by Gasteiger charge is -2.27. The second-order valence-corrected chi connectivity index (χ2v) is 9.02. The zero-order valence-electron chi connectivity index (χ0n) is 17.3. The molecule has 2 fully saturated rings. The van der Waals surface area contributed by atoms with Crippen LogP contribution in [0.2, 0.25) is 0 Å². The number of rotatable bonds is 5. The standard InChI is InChI=1S/C23H26N6OS/c30-23(20-15-19(26-27-20)21-5-4-14-31-21)24-17-8-6-16(7-9-17)18-10-11-22(28-25-18)29-12-2-1-3-13-29/h4-11,14,19-20,26-27H,1-3,12-13,15H2,(H,24,30). The summed E-state index contributed by atoms with van der Waals surface area (Å²) >= 11 is 1.70. The molecule has 2 aliphatic rings. The zero-order valence-corrected chi connectivity index (χ0v) is 18.1. The molecule has 0 spiro atoms. The molecule has 2 aromatic heterocycles. The van der Waals surface area contributed by atoms with E-state index < -0.39 is 0 Å². The van der Waals surface area contributed by atoms with Gasteiger partial charge >= 0.3 is 0 Å². The molecule has 4 heterocycles. The summed E-state index contributed by atoms with van der Waals surface area (Å²) in [5.41, 5.74) is 8.91. The van der Waals surface area contributed by atoms with E-state index >= 15 is 0 Å². The third-order valence-electron chi connectivity index (χ3n) is 5.89. The van der Waals surface area contributed by atoms with Gasteiger partial charge in [-0.2, -0.15) is 0 Å². The summed E-state index contributed by atoms with van der Waals surface area (Å²) in [6, 6.07) is 15.8. The van der Waals surface area contributed by atoms with Crippen LogP contribution in [-0.2, 0) is 4.79 Å². The highest BCUT2D eigenvalue weighted by atomic mass is 32.1. The van der Waals surface area contributed by atoms with Crippen molar-refractivity contribution in [3.05, 3.63) is 58.8 Å². The molecule has 1 aromatic carbocycles. The molecule has 8 heteroatoms. The summed E-state index contributed by atoms with van der Waals surface area (Å²) in [5, 5.41) is 13.9. The highest BCUT2D eigenvalue weighted by Gasteiger charge is 2.30. The fraction of sp³-hybridized carbons (Fsp3) is 0.348. The Bertz CT molecular complexity index is 1000. The maximum Gasteiger partial charge on any atom is 0.242 e. The van der Waals surface area contributed by atoms with Crippen molar-refractivity contribution in [2.24, 2.45) is 0 Å². The van der Waals surface area contributed by atoms with E-state index in [9.17, 15) is 4.79 Å². The van der Waals surface area contributed by atoms with Crippen LogP contribution in [0.3, 0.4) is 0 Å². The lowest BCUT2D eigenvalue weighted by molar-refractivity contribution is -0.117. The van der Waals surface area contributed by atoms with Gasteiger partial charge in [-0.15, -0.1) is 21.5 Å². The Morgan fingerprint density at radius 1 is 1.00 bits per heavy atom. The van der Waals surface area contributed by atoms with E-state index in [0.717, 1.165) is 42.3 Å². The van der Waals surface area contributed by atoms with E-state index in [1.54, 1.807) is 11.3 Å². The minimum absolute atomic E-state index is 0.0371. The van der Waals surface area contributed by atoms with E-state index in [-0.39, 0.29) is 18.0 Å². The van der Waals surface area contributed by atoms with Gasteiger partial charge in [0.1, 0.15) is 6.04 Å². The van der Waals surface area contributed by atoms with Gasteiger partial charge < -0.3 is 10.2 Å². The van der Waals surface area contributed by atoms with Crippen LogP contribution in [0, 0.1) is 0 Å². The van der Waals surface area contributed by atoms with Crippen molar-refractivity contribution >= 4 is 28.7 Å². The molecule has 1 amide bonds. The van der Waals surface area contributed by atoms with Crippen molar-refractivity contribution < 1.29 is 4.79 Å². The Hall–Kier alpha value is -2.81. The number of thiophene rings is 1. The molecule has 7 nitrogen and oxygen atoms in total. The van der Waals surface area contributed by atoms with Gasteiger partial charge in [0.2, 0.25) is 5.91 Å². The Balaban J connectivity index is 1.19. The van der Waals surface area contributed by atoms with Crippen molar-refractivity contribution in [1.29, 1.82) is 0 Å². The molecule has 2 atom stereocenters. The Labute approximate surface area is 185 Å². The van der Waals surface area contributed by atoms with Crippen LogP contribution >= 0.6 is 11.3 Å². The molecule has 3 N–H and O–H groups in total. The molecule has 2 unspecified atom stereocenters. The predicted octanol–water partition coefficient (Wildman–Crippen LogP) is 3.74.